The molecule has 0 aliphatic carbocycles. The molecule has 20 heavy (non-hydrogen) atoms. The number of urea groups is 1. The van der Waals surface area contributed by atoms with Crippen LogP contribution >= 0.6 is 11.8 Å². The van der Waals surface area contributed by atoms with Crippen molar-refractivity contribution in [2.45, 2.75) is 20.8 Å². The van der Waals surface area contributed by atoms with Gasteiger partial charge in [0.05, 0.1) is 0 Å². The molecule has 1 aromatic carbocycles. The Hall–Kier alpha value is -1.69. The number of hydrazone groups is 1. The molecule has 5 nitrogen and oxygen atoms in total. The summed E-state index contributed by atoms with van der Waals surface area (Å²) in [4.78, 5) is 11.7. The summed E-state index contributed by atoms with van der Waals surface area (Å²) < 4.78 is 0. The molecule has 0 bridgehead atoms. The fraction of sp³-hybridized carbons (Fsp3) is 0.429. The molecule has 1 aromatic rings. The Labute approximate surface area is 124 Å². The average Bonchev–Trinajstić information content (AvgIpc) is 2.42. The predicted octanol–water partition coefficient (Wildman–Crippen LogP) is 2.71. The third kappa shape index (κ3) is 5.97. The standard InChI is InChI=1S/C14H22N4OS/c1-4-20-9-8-16-17-10-15-14(19)18-13-11(2)6-5-7-12(13)3/h5-7,10,16H,4,8-9H2,1-3H3,(H2,15,17,18,19). The second kappa shape index (κ2) is 9.25. The van der Waals surface area contributed by atoms with Gasteiger partial charge in [0.1, 0.15) is 6.34 Å². The van der Waals surface area contributed by atoms with Gasteiger partial charge in [0.25, 0.3) is 0 Å². The highest BCUT2D eigenvalue weighted by molar-refractivity contribution is 7.99. The average molecular weight is 294 g/mol. The van der Waals surface area contributed by atoms with Crippen molar-refractivity contribution in [1.82, 2.24) is 10.7 Å². The van der Waals surface area contributed by atoms with E-state index in [0.29, 0.717) is 0 Å². The lowest BCUT2D eigenvalue weighted by Gasteiger charge is -2.10. The highest BCUT2D eigenvalue weighted by atomic mass is 32.2. The third-order valence-corrected chi connectivity index (χ3v) is 3.53. The lowest BCUT2D eigenvalue weighted by Crippen LogP contribution is -2.29. The van der Waals surface area contributed by atoms with Crippen molar-refractivity contribution in [3.8, 4) is 0 Å². The monoisotopic (exact) mass is 294 g/mol. The van der Waals surface area contributed by atoms with Crippen LogP contribution < -0.4 is 16.1 Å². The molecule has 1 rings (SSSR count). The van der Waals surface area contributed by atoms with Gasteiger partial charge in [-0.25, -0.2) is 4.79 Å². The van der Waals surface area contributed by atoms with Crippen LogP contribution in [0, 0.1) is 13.8 Å². The summed E-state index contributed by atoms with van der Waals surface area (Å²) in [6.45, 7) is 6.83. The zero-order chi connectivity index (χ0) is 14.8. The van der Waals surface area contributed by atoms with Crippen molar-refractivity contribution >= 4 is 29.8 Å². The van der Waals surface area contributed by atoms with Crippen LogP contribution in [-0.2, 0) is 0 Å². The molecule has 0 saturated heterocycles. The zero-order valence-corrected chi connectivity index (χ0v) is 13.0. The molecule has 3 N–H and O–H groups in total. The van der Waals surface area contributed by atoms with Crippen molar-refractivity contribution in [1.29, 1.82) is 0 Å². The maximum atomic E-state index is 11.7. The number of carbonyl (C=O) groups is 1. The van der Waals surface area contributed by atoms with E-state index in [4.69, 9.17) is 0 Å². The van der Waals surface area contributed by atoms with Crippen molar-refractivity contribution in [3.63, 3.8) is 0 Å². The topological polar surface area (TPSA) is 65.5 Å². The summed E-state index contributed by atoms with van der Waals surface area (Å²) in [5, 5.41) is 9.29. The van der Waals surface area contributed by atoms with Crippen LogP contribution in [0.1, 0.15) is 18.1 Å². The van der Waals surface area contributed by atoms with Gasteiger partial charge in [0.15, 0.2) is 0 Å². The Balaban J connectivity index is 2.32. The molecule has 0 spiro atoms. The highest BCUT2D eigenvalue weighted by Crippen LogP contribution is 2.18. The lowest BCUT2D eigenvalue weighted by atomic mass is 10.1. The molecule has 110 valence electrons. The number of hydrogen-bond acceptors (Lipinski definition) is 4. The van der Waals surface area contributed by atoms with Crippen LogP contribution in [0.2, 0.25) is 0 Å². The number of benzene rings is 1. The first-order valence-electron chi connectivity index (χ1n) is 6.61. The fourth-order valence-corrected chi connectivity index (χ4v) is 2.15. The van der Waals surface area contributed by atoms with E-state index < -0.39 is 0 Å². The maximum absolute atomic E-state index is 11.7. The molecular weight excluding hydrogens is 272 g/mol. The Kier molecular flexibility index (Phi) is 7.57. The van der Waals surface area contributed by atoms with Gasteiger partial charge >= 0.3 is 6.03 Å². The number of para-hydroxylation sites is 1. The molecule has 6 heteroatoms. The normalized spacial score (nSPS) is 10.6. The van der Waals surface area contributed by atoms with Gasteiger partial charge in [-0.15, -0.1) is 0 Å². The Morgan fingerprint density at radius 2 is 2.05 bits per heavy atom. The molecule has 0 heterocycles. The summed E-state index contributed by atoms with van der Waals surface area (Å²) in [6.07, 6.45) is 1.36. The number of hydrogen-bond donors (Lipinski definition) is 3. The smallest absolute Gasteiger partial charge is 0.308 e. The van der Waals surface area contributed by atoms with E-state index in [1.165, 1.54) is 6.34 Å². The predicted molar refractivity (Wildman–Crippen MR) is 87.6 cm³/mol. The lowest BCUT2D eigenvalue weighted by molar-refractivity contribution is 0.256. The van der Waals surface area contributed by atoms with E-state index in [-0.39, 0.29) is 6.03 Å². The van der Waals surface area contributed by atoms with Crippen molar-refractivity contribution in [2.24, 2.45) is 5.10 Å². The second-order valence-electron chi connectivity index (χ2n) is 4.23. The quantitative estimate of drug-likeness (QED) is 0.313. The van der Waals surface area contributed by atoms with Gasteiger partial charge in [-0.05, 0) is 30.7 Å². The minimum Gasteiger partial charge on any atom is -0.308 e. The van der Waals surface area contributed by atoms with E-state index in [9.17, 15) is 4.79 Å². The summed E-state index contributed by atoms with van der Waals surface area (Å²) in [5.74, 6) is 2.10. The number of thioether (sulfide) groups is 1. The molecular formula is C14H22N4OS. The molecule has 0 aliphatic heterocycles. The van der Waals surface area contributed by atoms with Crippen LogP contribution in [0.25, 0.3) is 0 Å². The summed E-state index contributed by atoms with van der Waals surface area (Å²) in [6, 6.07) is 5.59. The van der Waals surface area contributed by atoms with Gasteiger partial charge in [-0.3, -0.25) is 5.32 Å². The first-order valence-corrected chi connectivity index (χ1v) is 7.76. The first kappa shape index (κ1) is 16.4. The van der Waals surface area contributed by atoms with Gasteiger partial charge < -0.3 is 10.7 Å². The van der Waals surface area contributed by atoms with Gasteiger partial charge in [-0.2, -0.15) is 16.9 Å². The third-order valence-electron chi connectivity index (χ3n) is 2.63. The van der Waals surface area contributed by atoms with Crippen LogP contribution in [-0.4, -0.2) is 30.4 Å². The number of nitrogens with one attached hydrogen (secondary N) is 3. The highest BCUT2D eigenvalue weighted by Gasteiger charge is 2.05. The van der Waals surface area contributed by atoms with E-state index in [2.05, 4.69) is 28.1 Å². The number of rotatable bonds is 7. The van der Waals surface area contributed by atoms with Crippen LogP contribution in [0.5, 0.6) is 0 Å². The molecule has 0 aromatic heterocycles. The Morgan fingerprint density at radius 3 is 2.70 bits per heavy atom. The Bertz CT molecular complexity index is 442. The number of aryl methyl sites for hydroxylation is 2. The van der Waals surface area contributed by atoms with Gasteiger partial charge in [0, 0.05) is 18.0 Å². The molecule has 2 amide bonds. The molecule has 0 radical (unpaired) electrons. The summed E-state index contributed by atoms with van der Waals surface area (Å²) >= 11 is 1.84. The van der Waals surface area contributed by atoms with Crippen LogP contribution in [0.4, 0.5) is 10.5 Å². The van der Waals surface area contributed by atoms with Gasteiger partial charge in [0.2, 0.25) is 0 Å². The number of anilines is 1. The van der Waals surface area contributed by atoms with Crippen molar-refractivity contribution < 1.29 is 4.79 Å². The van der Waals surface area contributed by atoms with E-state index in [0.717, 1.165) is 34.9 Å². The minimum absolute atomic E-state index is 0.295. The Morgan fingerprint density at radius 1 is 1.35 bits per heavy atom. The number of carbonyl (C=O) groups excluding carboxylic acids is 1. The number of amides is 2. The van der Waals surface area contributed by atoms with Crippen molar-refractivity contribution in [2.75, 3.05) is 23.4 Å². The summed E-state index contributed by atoms with van der Waals surface area (Å²) in [7, 11) is 0. The van der Waals surface area contributed by atoms with E-state index in [1.807, 2.05) is 43.8 Å². The molecule has 0 unspecified atom stereocenters. The minimum atomic E-state index is -0.295. The second-order valence-corrected chi connectivity index (χ2v) is 5.62. The largest absolute Gasteiger partial charge is 0.324 e. The molecule has 0 aliphatic rings. The maximum Gasteiger partial charge on any atom is 0.324 e. The van der Waals surface area contributed by atoms with Gasteiger partial charge in [-0.1, -0.05) is 25.1 Å². The zero-order valence-electron chi connectivity index (χ0n) is 12.2. The van der Waals surface area contributed by atoms with E-state index >= 15 is 0 Å². The summed E-state index contributed by atoms with van der Waals surface area (Å²) in [5.41, 5.74) is 5.78. The van der Waals surface area contributed by atoms with E-state index in [1.54, 1.807) is 0 Å². The van der Waals surface area contributed by atoms with Crippen molar-refractivity contribution in [3.05, 3.63) is 29.3 Å². The number of nitrogens with zero attached hydrogens (tertiary/aromatic N) is 1. The first-order chi connectivity index (χ1) is 9.65. The van der Waals surface area contributed by atoms with Crippen LogP contribution in [0.15, 0.2) is 23.3 Å². The van der Waals surface area contributed by atoms with Crippen LogP contribution in [0.3, 0.4) is 0 Å². The fourth-order valence-electron chi connectivity index (χ4n) is 1.62. The SMILES string of the molecule is CCSCCNN=CNC(=O)Nc1c(C)cccc1C. The molecule has 0 atom stereocenters. The molecule has 0 saturated carbocycles. The molecule has 0 fully saturated rings.